The summed E-state index contributed by atoms with van der Waals surface area (Å²) in [4.78, 5) is 0. The predicted octanol–water partition coefficient (Wildman–Crippen LogP) is 6.34. The summed E-state index contributed by atoms with van der Waals surface area (Å²) >= 11 is 0. The lowest BCUT2D eigenvalue weighted by molar-refractivity contribution is 0.162. The van der Waals surface area contributed by atoms with Crippen molar-refractivity contribution in [3.8, 4) is 0 Å². The second-order valence-corrected chi connectivity index (χ2v) is 8.31. The van der Waals surface area contributed by atoms with Crippen LogP contribution in [0.4, 0.5) is 0 Å². The van der Waals surface area contributed by atoms with Gasteiger partial charge in [-0.05, 0) is 49.1 Å². The van der Waals surface area contributed by atoms with Crippen LogP contribution < -0.4 is 0 Å². The summed E-state index contributed by atoms with van der Waals surface area (Å²) in [7, 11) is 3.42. The maximum atomic E-state index is 3.42. The first kappa shape index (κ1) is 15.8. The Morgan fingerprint density at radius 3 is 1.68 bits per heavy atom. The molecule has 0 spiro atoms. The second kappa shape index (κ2) is 8.02. The highest BCUT2D eigenvalue weighted by molar-refractivity contribution is 7.19. The number of hydrogen-bond acceptors (Lipinski definition) is 0. The van der Waals surface area contributed by atoms with Crippen molar-refractivity contribution in [1.29, 1.82) is 0 Å². The van der Waals surface area contributed by atoms with E-state index in [0.29, 0.717) is 5.16 Å². The molecule has 0 radical (unpaired) electrons. The Bertz CT molecular complexity index is 218. The molecule has 0 bridgehead atoms. The molecule has 0 N–H and O–H groups in total. The first-order valence-corrected chi connectivity index (χ1v) is 9.64. The highest BCUT2D eigenvalue weighted by Gasteiger charge is 2.41. The van der Waals surface area contributed by atoms with Crippen molar-refractivity contribution in [2.75, 3.05) is 0 Å². The number of unbranched alkanes of at least 4 members (excludes halogenated alkanes) is 2. The molecule has 0 amide bonds. The van der Waals surface area contributed by atoms with Crippen LogP contribution in [0.5, 0.6) is 0 Å². The minimum atomic E-state index is 0.607. The standard InChI is InChI=1S/C18H35P/c1-2-3-10-15-18(19,16-11-6-4-7-12-16)17-13-8-5-9-14-17/h16-17H,2-15,19H2,1H3. The molecular formula is C18H35P. The van der Waals surface area contributed by atoms with Crippen molar-refractivity contribution in [3.63, 3.8) is 0 Å². The van der Waals surface area contributed by atoms with Crippen LogP contribution in [-0.4, -0.2) is 5.16 Å². The van der Waals surface area contributed by atoms with E-state index in [0.717, 1.165) is 11.8 Å². The van der Waals surface area contributed by atoms with Gasteiger partial charge < -0.3 is 0 Å². The topological polar surface area (TPSA) is 0 Å². The van der Waals surface area contributed by atoms with Crippen molar-refractivity contribution >= 4 is 9.24 Å². The van der Waals surface area contributed by atoms with E-state index in [-0.39, 0.29) is 0 Å². The Morgan fingerprint density at radius 2 is 1.26 bits per heavy atom. The van der Waals surface area contributed by atoms with Crippen molar-refractivity contribution < 1.29 is 0 Å². The Morgan fingerprint density at radius 1 is 0.789 bits per heavy atom. The van der Waals surface area contributed by atoms with E-state index in [4.69, 9.17) is 0 Å². The van der Waals surface area contributed by atoms with Crippen LogP contribution in [0.15, 0.2) is 0 Å². The van der Waals surface area contributed by atoms with Gasteiger partial charge >= 0.3 is 0 Å². The molecule has 0 nitrogen and oxygen atoms in total. The Labute approximate surface area is 123 Å². The molecule has 0 aromatic carbocycles. The van der Waals surface area contributed by atoms with Gasteiger partial charge in [0.05, 0.1) is 0 Å². The van der Waals surface area contributed by atoms with Gasteiger partial charge in [0.15, 0.2) is 0 Å². The fraction of sp³-hybridized carbons (Fsp3) is 1.00. The van der Waals surface area contributed by atoms with E-state index in [9.17, 15) is 0 Å². The summed E-state index contributed by atoms with van der Waals surface area (Å²) in [6.45, 7) is 2.34. The van der Waals surface area contributed by atoms with Gasteiger partial charge in [-0.15, -0.1) is 9.24 Å². The molecule has 2 rings (SSSR count). The van der Waals surface area contributed by atoms with Gasteiger partial charge in [0.2, 0.25) is 0 Å². The SMILES string of the molecule is CCCCCC(P)(C1CCCCC1)C1CCCCC1. The third-order valence-electron chi connectivity index (χ3n) is 5.94. The lowest BCUT2D eigenvalue weighted by Gasteiger charge is -2.47. The first-order valence-electron chi connectivity index (χ1n) is 9.06. The molecule has 19 heavy (non-hydrogen) atoms. The summed E-state index contributed by atoms with van der Waals surface area (Å²) in [5, 5.41) is 0.607. The van der Waals surface area contributed by atoms with Crippen molar-refractivity contribution in [3.05, 3.63) is 0 Å². The molecule has 0 saturated heterocycles. The Hall–Kier alpha value is 0.430. The van der Waals surface area contributed by atoms with Crippen LogP contribution in [0.1, 0.15) is 96.8 Å². The molecular weight excluding hydrogens is 247 g/mol. The van der Waals surface area contributed by atoms with Gasteiger partial charge in [0.1, 0.15) is 0 Å². The quantitative estimate of drug-likeness (QED) is 0.394. The molecule has 2 saturated carbocycles. The van der Waals surface area contributed by atoms with Crippen LogP contribution in [-0.2, 0) is 0 Å². The van der Waals surface area contributed by atoms with Crippen molar-refractivity contribution in [2.24, 2.45) is 11.8 Å². The van der Waals surface area contributed by atoms with E-state index in [1.807, 2.05) is 0 Å². The monoisotopic (exact) mass is 282 g/mol. The molecule has 1 atom stereocenters. The zero-order chi connectivity index (χ0) is 13.6. The summed E-state index contributed by atoms with van der Waals surface area (Å²) < 4.78 is 0. The normalized spacial score (nSPS) is 23.7. The first-order chi connectivity index (χ1) is 9.27. The van der Waals surface area contributed by atoms with E-state index >= 15 is 0 Å². The van der Waals surface area contributed by atoms with E-state index in [1.54, 1.807) is 0 Å². The lowest BCUT2D eigenvalue weighted by atomic mass is 9.67. The minimum Gasteiger partial charge on any atom is -0.131 e. The molecule has 2 fully saturated rings. The predicted molar refractivity (Wildman–Crippen MR) is 89.7 cm³/mol. The lowest BCUT2D eigenvalue weighted by Crippen LogP contribution is -2.41. The molecule has 1 heteroatoms. The highest BCUT2D eigenvalue weighted by atomic mass is 31.0. The van der Waals surface area contributed by atoms with Crippen molar-refractivity contribution in [2.45, 2.75) is 102 Å². The zero-order valence-electron chi connectivity index (χ0n) is 13.1. The minimum absolute atomic E-state index is 0.607. The highest BCUT2D eigenvalue weighted by Crippen LogP contribution is 2.51. The zero-order valence-corrected chi connectivity index (χ0v) is 14.3. The van der Waals surface area contributed by atoms with Crippen LogP contribution in [0, 0.1) is 11.8 Å². The number of rotatable bonds is 6. The molecule has 0 aromatic rings. The summed E-state index contributed by atoms with van der Waals surface area (Å²) in [6, 6.07) is 0. The van der Waals surface area contributed by atoms with Gasteiger partial charge in [-0.25, -0.2) is 0 Å². The summed E-state index contributed by atoms with van der Waals surface area (Å²) in [5.74, 6) is 2.04. The fourth-order valence-corrected chi connectivity index (χ4v) is 5.57. The molecule has 112 valence electrons. The smallest absolute Gasteiger partial charge is 0.00938 e. The van der Waals surface area contributed by atoms with Gasteiger partial charge in [-0.3, -0.25) is 0 Å². The molecule has 2 aliphatic carbocycles. The molecule has 1 unspecified atom stereocenters. The van der Waals surface area contributed by atoms with Gasteiger partial charge in [0, 0.05) is 0 Å². The van der Waals surface area contributed by atoms with E-state index in [2.05, 4.69) is 16.2 Å². The summed E-state index contributed by atoms with van der Waals surface area (Å²) in [6.07, 6.45) is 20.8. The van der Waals surface area contributed by atoms with Gasteiger partial charge in [-0.1, -0.05) is 64.7 Å². The maximum Gasteiger partial charge on any atom is -0.00938 e. The largest absolute Gasteiger partial charge is 0.131 e. The van der Waals surface area contributed by atoms with Crippen LogP contribution >= 0.6 is 9.24 Å². The van der Waals surface area contributed by atoms with Gasteiger partial charge in [-0.2, -0.15) is 0 Å². The number of hydrogen-bond donors (Lipinski definition) is 0. The van der Waals surface area contributed by atoms with Crippen LogP contribution in [0.25, 0.3) is 0 Å². The fourth-order valence-electron chi connectivity index (χ4n) is 4.70. The second-order valence-electron chi connectivity index (χ2n) is 7.24. The van der Waals surface area contributed by atoms with Crippen molar-refractivity contribution in [1.82, 2.24) is 0 Å². The van der Waals surface area contributed by atoms with E-state index in [1.165, 1.54) is 89.9 Å². The molecule has 0 aromatic heterocycles. The Balaban J connectivity index is 2.00. The van der Waals surface area contributed by atoms with Crippen LogP contribution in [0.3, 0.4) is 0 Å². The average Bonchev–Trinajstić information content (AvgIpc) is 2.49. The Kier molecular flexibility index (Phi) is 6.67. The van der Waals surface area contributed by atoms with E-state index < -0.39 is 0 Å². The van der Waals surface area contributed by atoms with Crippen LogP contribution in [0.2, 0.25) is 0 Å². The molecule has 0 aliphatic heterocycles. The van der Waals surface area contributed by atoms with Gasteiger partial charge in [0.25, 0.3) is 0 Å². The molecule has 2 aliphatic rings. The molecule has 0 heterocycles. The average molecular weight is 282 g/mol. The maximum absolute atomic E-state index is 3.42. The third kappa shape index (κ3) is 4.20. The summed E-state index contributed by atoms with van der Waals surface area (Å²) in [5.41, 5.74) is 0. The third-order valence-corrected chi connectivity index (χ3v) is 7.18.